The van der Waals surface area contributed by atoms with Gasteiger partial charge in [-0.05, 0) is 49.9 Å². The highest BCUT2D eigenvalue weighted by Crippen LogP contribution is 2.20. The number of halogens is 1. The number of nitrogens with one attached hydrogen (secondary N) is 2. The molecule has 8 heteroatoms. The number of carbonyl (C=O) groups excluding carboxylic acids is 1. The third kappa shape index (κ3) is 5.14. The third-order valence-corrected chi connectivity index (χ3v) is 5.37. The predicted octanol–water partition coefficient (Wildman–Crippen LogP) is 2.93. The van der Waals surface area contributed by atoms with Crippen molar-refractivity contribution in [2.45, 2.75) is 19.8 Å². The molecule has 0 bridgehead atoms. The number of hydrogen-bond acceptors (Lipinski definition) is 5. The van der Waals surface area contributed by atoms with Crippen molar-refractivity contribution in [3.63, 3.8) is 0 Å². The maximum atomic E-state index is 13.4. The molecule has 7 nitrogen and oxygen atoms in total. The zero-order valence-corrected chi connectivity index (χ0v) is 17.3. The Kier molecular flexibility index (Phi) is 6.06. The Balaban J connectivity index is 1.35. The van der Waals surface area contributed by atoms with Crippen LogP contribution in [-0.2, 0) is 0 Å². The summed E-state index contributed by atoms with van der Waals surface area (Å²) in [5, 5.41) is 2.97. The average Bonchev–Trinajstić information content (AvgIpc) is 2.77. The van der Waals surface area contributed by atoms with Crippen LogP contribution in [0.15, 0.2) is 53.5 Å². The fraction of sp³-hybridized carbons (Fsp3) is 0.304. The van der Waals surface area contributed by atoms with E-state index in [4.69, 9.17) is 0 Å². The molecule has 1 saturated heterocycles. The maximum absolute atomic E-state index is 13.4. The number of rotatable bonds is 5. The number of hydrogen-bond donors (Lipinski definition) is 2. The fourth-order valence-electron chi connectivity index (χ4n) is 3.82. The standard InChI is InChI=1S/C23H24FN5O2/c1-15-10-21(30)28-23(27-15)29-9-3-4-16(14-29)12-26-22(31)18-7-8-20(25-13-18)17-5-2-6-19(24)11-17/h2,5-8,10-11,13,16H,3-4,9,12,14H2,1H3,(H,26,31)(H,27,28,30). The molecule has 4 rings (SSSR count). The van der Waals surface area contributed by atoms with E-state index in [1.165, 1.54) is 24.4 Å². The number of aromatic amines is 1. The van der Waals surface area contributed by atoms with Crippen LogP contribution in [0, 0.1) is 18.7 Å². The third-order valence-electron chi connectivity index (χ3n) is 5.37. The Hall–Kier alpha value is -3.55. The van der Waals surface area contributed by atoms with Crippen LogP contribution in [-0.4, -0.2) is 40.5 Å². The van der Waals surface area contributed by atoms with Gasteiger partial charge >= 0.3 is 0 Å². The molecule has 160 valence electrons. The summed E-state index contributed by atoms with van der Waals surface area (Å²) in [5.74, 6) is 0.311. The summed E-state index contributed by atoms with van der Waals surface area (Å²) in [6.07, 6.45) is 3.45. The number of amides is 1. The molecule has 3 heterocycles. The highest BCUT2D eigenvalue weighted by atomic mass is 19.1. The van der Waals surface area contributed by atoms with Crippen molar-refractivity contribution >= 4 is 11.9 Å². The van der Waals surface area contributed by atoms with E-state index in [0.717, 1.165) is 19.4 Å². The number of piperidine rings is 1. The SMILES string of the molecule is Cc1cc(=O)[nH]c(N2CCCC(CNC(=O)c3ccc(-c4cccc(F)c4)nc3)C2)n1. The minimum absolute atomic E-state index is 0.160. The van der Waals surface area contributed by atoms with Crippen LogP contribution in [0.5, 0.6) is 0 Å². The number of benzene rings is 1. The minimum atomic E-state index is -0.326. The molecular weight excluding hydrogens is 397 g/mol. The van der Waals surface area contributed by atoms with Crippen molar-refractivity contribution in [2.24, 2.45) is 5.92 Å². The highest BCUT2D eigenvalue weighted by molar-refractivity contribution is 5.94. The van der Waals surface area contributed by atoms with Crippen molar-refractivity contribution in [3.05, 3.63) is 76.1 Å². The Bertz CT molecular complexity index is 1130. The largest absolute Gasteiger partial charge is 0.352 e. The van der Waals surface area contributed by atoms with Crippen LogP contribution in [0.2, 0.25) is 0 Å². The number of H-pyrrole nitrogens is 1. The van der Waals surface area contributed by atoms with Gasteiger partial charge in [0.1, 0.15) is 5.82 Å². The van der Waals surface area contributed by atoms with Crippen molar-refractivity contribution in [2.75, 3.05) is 24.5 Å². The van der Waals surface area contributed by atoms with Gasteiger partial charge in [-0.2, -0.15) is 0 Å². The van der Waals surface area contributed by atoms with Gasteiger partial charge in [0.25, 0.3) is 11.5 Å². The predicted molar refractivity (Wildman–Crippen MR) is 116 cm³/mol. The Morgan fingerprint density at radius 3 is 2.90 bits per heavy atom. The second kappa shape index (κ2) is 9.07. The summed E-state index contributed by atoms with van der Waals surface area (Å²) in [6, 6.07) is 11.1. The van der Waals surface area contributed by atoms with Gasteiger partial charge in [-0.3, -0.25) is 19.6 Å². The number of aryl methyl sites for hydroxylation is 1. The van der Waals surface area contributed by atoms with E-state index >= 15 is 0 Å². The van der Waals surface area contributed by atoms with Crippen LogP contribution in [0.4, 0.5) is 10.3 Å². The van der Waals surface area contributed by atoms with Gasteiger partial charge in [0.05, 0.1) is 11.3 Å². The number of pyridine rings is 1. The summed E-state index contributed by atoms with van der Waals surface area (Å²) in [6.45, 7) is 3.86. The molecule has 1 fully saturated rings. The molecule has 2 N–H and O–H groups in total. The van der Waals surface area contributed by atoms with E-state index in [1.54, 1.807) is 31.2 Å². The summed E-state index contributed by atoms with van der Waals surface area (Å²) in [4.78, 5) is 37.9. The molecule has 1 atom stereocenters. The van der Waals surface area contributed by atoms with Gasteiger partial charge in [-0.25, -0.2) is 9.37 Å². The highest BCUT2D eigenvalue weighted by Gasteiger charge is 2.22. The number of nitrogens with zero attached hydrogens (tertiary/aromatic N) is 3. The smallest absolute Gasteiger partial charge is 0.252 e. The molecule has 0 saturated carbocycles. The molecule has 1 aliphatic heterocycles. The Morgan fingerprint density at radius 2 is 2.16 bits per heavy atom. The summed E-state index contributed by atoms with van der Waals surface area (Å²) < 4.78 is 13.4. The maximum Gasteiger partial charge on any atom is 0.252 e. The second-order valence-corrected chi connectivity index (χ2v) is 7.82. The van der Waals surface area contributed by atoms with Crippen LogP contribution < -0.4 is 15.8 Å². The van der Waals surface area contributed by atoms with Gasteiger partial charge in [0.2, 0.25) is 5.95 Å². The van der Waals surface area contributed by atoms with Gasteiger partial charge < -0.3 is 10.2 Å². The number of aromatic nitrogens is 3. The van der Waals surface area contributed by atoms with Crippen molar-refractivity contribution in [3.8, 4) is 11.3 Å². The van der Waals surface area contributed by atoms with Crippen LogP contribution in [0.1, 0.15) is 28.9 Å². The molecule has 1 amide bonds. The van der Waals surface area contributed by atoms with Crippen molar-refractivity contribution < 1.29 is 9.18 Å². The zero-order valence-electron chi connectivity index (χ0n) is 17.3. The molecule has 1 aliphatic rings. The van der Waals surface area contributed by atoms with E-state index < -0.39 is 0 Å². The summed E-state index contributed by atoms with van der Waals surface area (Å²) >= 11 is 0. The van der Waals surface area contributed by atoms with E-state index in [2.05, 4.69) is 25.2 Å². The van der Waals surface area contributed by atoms with Crippen molar-refractivity contribution in [1.82, 2.24) is 20.3 Å². The normalized spacial score (nSPS) is 16.2. The lowest BCUT2D eigenvalue weighted by Gasteiger charge is -2.33. The van der Waals surface area contributed by atoms with E-state index in [0.29, 0.717) is 41.6 Å². The van der Waals surface area contributed by atoms with Gasteiger partial charge in [-0.1, -0.05) is 12.1 Å². The fourth-order valence-corrected chi connectivity index (χ4v) is 3.82. The first-order valence-corrected chi connectivity index (χ1v) is 10.3. The lowest BCUT2D eigenvalue weighted by molar-refractivity contribution is 0.0945. The molecule has 0 spiro atoms. The molecule has 0 aliphatic carbocycles. The van der Waals surface area contributed by atoms with Gasteiger partial charge in [0.15, 0.2) is 0 Å². The lowest BCUT2D eigenvalue weighted by Crippen LogP contribution is -2.42. The lowest BCUT2D eigenvalue weighted by atomic mass is 9.98. The van der Waals surface area contributed by atoms with Gasteiger partial charge in [-0.15, -0.1) is 0 Å². The average molecular weight is 421 g/mol. The molecule has 1 aromatic carbocycles. The van der Waals surface area contributed by atoms with E-state index in [-0.39, 0.29) is 23.2 Å². The first-order valence-electron chi connectivity index (χ1n) is 10.3. The first-order chi connectivity index (χ1) is 15.0. The molecule has 31 heavy (non-hydrogen) atoms. The van der Waals surface area contributed by atoms with Crippen LogP contribution in [0.3, 0.4) is 0 Å². The summed E-state index contributed by atoms with van der Waals surface area (Å²) in [7, 11) is 0. The summed E-state index contributed by atoms with van der Waals surface area (Å²) in [5.41, 5.74) is 2.25. The molecule has 0 radical (unpaired) electrons. The number of anilines is 1. The van der Waals surface area contributed by atoms with Crippen LogP contribution >= 0.6 is 0 Å². The van der Waals surface area contributed by atoms with Crippen molar-refractivity contribution in [1.29, 1.82) is 0 Å². The number of carbonyl (C=O) groups is 1. The molecule has 1 unspecified atom stereocenters. The first kappa shape index (κ1) is 20.7. The monoisotopic (exact) mass is 421 g/mol. The van der Waals surface area contributed by atoms with E-state index in [1.807, 2.05) is 0 Å². The quantitative estimate of drug-likeness (QED) is 0.661. The molecular formula is C23H24FN5O2. The Labute approximate surface area is 179 Å². The topological polar surface area (TPSA) is 91.0 Å². The minimum Gasteiger partial charge on any atom is -0.352 e. The molecule has 3 aromatic rings. The molecule has 2 aromatic heterocycles. The Morgan fingerprint density at radius 1 is 1.29 bits per heavy atom. The van der Waals surface area contributed by atoms with Gasteiger partial charge in [0, 0.05) is 43.2 Å². The van der Waals surface area contributed by atoms with E-state index in [9.17, 15) is 14.0 Å². The second-order valence-electron chi connectivity index (χ2n) is 7.82. The van der Waals surface area contributed by atoms with Crippen LogP contribution in [0.25, 0.3) is 11.3 Å². The zero-order chi connectivity index (χ0) is 21.8.